The summed E-state index contributed by atoms with van der Waals surface area (Å²) < 4.78 is 11.2. The summed E-state index contributed by atoms with van der Waals surface area (Å²) in [5, 5.41) is 11.1. The summed E-state index contributed by atoms with van der Waals surface area (Å²) in [6, 6.07) is 9.46. The minimum absolute atomic E-state index is 0.0455. The number of oxazole rings is 1. The molecule has 6 nitrogen and oxygen atoms in total. The fourth-order valence-corrected chi connectivity index (χ4v) is 4.75. The Hall–Kier alpha value is -2.55. The van der Waals surface area contributed by atoms with Crippen molar-refractivity contribution >= 4 is 40.7 Å². The second-order valence-corrected chi connectivity index (χ2v) is 8.68. The summed E-state index contributed by atoms with van der Waals surface area (Å²) in [5.74, 6) is 0.880. The fourth-order valence-electron chi connectivity index (χ4n) is 3.47. The molecule has 0 amide bonds. The highest BCUT2D eigenvalue weighted by atomic mass is 35.5. The maximum Gasteiger partial charge on any atom is 0.228 e. The Morgan fingerprint density at radius 2 is 2.06 bits per heavy atom. The summed E-state index contributed by atoms with van der Waals surface area (Å²) in [4.78, 5) is 12.4. The lowest BCUT2D eigenvalue weighted by Crippen LogP contribution is -2.17. The molecule has 1 aliphatic heterocycles. The lowest BCUT2D eigenvalue weighted by atomic mass is 9.90. The van der Waals surface area contributed by atoms with Gasteiger partial charge in [-0.3, -0.25) is 0 Å². The molecule has 0 bridgehead atoms. The fraction of sp³-hybridized carbons (Fsp3) is 0.273. The molecule has 0 N–H and O–H groups in total. The molecule has 1 fully saturated rings. The molecule has 4 rings (SSSR count). The number of ether oxygens (including phenoxy) is 1. The number of nitrogens with zero attached hydrogens (tertiary/aromatic N) is 4. The summed E-state index contributed by atoms with van der Waals surface area (Å²) in [5.41, 5.74) is 2.79. The second kappa shape index (κ2) is 9.72. The van der Waals surface area contributed by atoms with Gasteiger partial charge in [-0.05, 0) is 48.6 Å². The molecule has 1 aliphatic rings. The molecular weight excluding hydrogens is 455 g/mol. The maximum atomic E-state index is 9.88. The van der Waals surface area contributed by atoms with E-state index in [9.17, 15) is 5.26 Å². The normalized spacial score (nSPS) is 15.9. The van der Waals surface area contributed by atoms with Gasteiger partial charge in [0.15, 0.2) is 0 Å². The summed E-state index contributed by atoms with van der Waals surface area (Å²) >= 11 is 13.6. The van der Waals surface area contributed by atoms with E-state index < -0.39 is 0 Å². The zero-order valence-corrected chi connectivity index (χ0v) is 18.6. The molecule has 3 heterocycles. The third kappa shape index (κ3) is 4.71. The number of aromatic nitrogens is 2. The van der Waals surface area contributed by atoms with Crippen molar-refractivity contribution in [1.82, 2.24) is 9.97 Å². The number of hydrogen-bond acceptors (Lipinski definition) is 6. The zero-order chi connectivity index (χ0) is 21.8. The molecule has 31 heavy (non-hydrogen) atoms. The van der Waals surface area contributed by atoms with E-state index in [2.05, 4.69) is 20.9 Å². The van der Waals surface area contributed by atoms with E-state index in [-0.39, 0.29) is 16.8 Å². The van der Waals surface area contributed by atoms with E-state index in [1.165, 1.54) is 11.8 Å². The first-order valence-corrected chi connectivity index (χ1v) is 11.3. The van der Waals surface area contributed by atoms with Crippen molar-refractivity contribution in [3.8, 4) is 17.5 Å². The first-order chi connectivity index (χ1) is 15.1. The van der Waals surface area contributed by atoms with E-state index in [1.807, 2.05) is 12.1 Å². The average molecular weight is 471 g/mol. The zero-order valence-electron chi connectivity index (χ0n) is 16.3. The number of halogens is 2. The van der Waals surface area contributed by atoms with Gasteiger partial charge < -0.3 is 9.15 Å². The first kappa shape index (κ1) is 21.7. The van der Waals surface area contributed by atoms with Gasteiger partial charge in [-0.15, -0.1) is 0 Å². The van der Waals surface area contributed by atoms with Crippen LogP contribution in [-0.2, 0) is 10.5 Å². The van der Waals surface area contributed by atoms with Crippen molar-refractivity contribution in [2.75, 3.05) is 13.2 Å². The van der Waals surface area contributed by atoms with Crippen LogP contribution < -0.4 is 0 Å². The molecule has 1 unspecified atom stereocenters. The largest absolute Gasteiger partial charge is 0.444 e. The third-order valence-corrected chi connectivity index (χ3v) is 6.45. The Balaban J connectivity index is 1.60. The van der Waals surface area contributed by atoms with Crippen LogP contribution in [0.2, 0.25) is 10.2 Å². The van der Waals surface area contributed by atoms with Crippen molar-refractivity contribution < 1.29 is 9.15 Å². The minimum atomic E-state index is -0.0455. The summed E-state index contributed by atoms with van der Waals surface area (Å²) in [7, 11) is 0. The summed E-state index contributed by atoms with van der Waals surface area (Å²) in [6.07, 6.45) is 3.30. The number of hydrogen-bond donors (Lipinski definition) is 0. The van der Waals surface area contributed by atoms with Gasteiger partial charge in [0.2, 0.25) is 11.6 Å². The number of rotatable bonds is 5. The molecule has 1 saturated heterocycles. The highest BCUT2D eigenvalue weighted by Crippen LogP contribution is 2.42. The Kier molecular flexibility index (Phi) is 6.80. The molecule has 9 heteroatoms. The van der Waals surface area contributed by atoms with Gasteiger partial charge in [-0.25, -0.2) is 14.8 Å². The molecule has 0 radical (unpaired) electrons. The molecule has 0 saturated carbocycles. The molecule has 0 aliphatic carbocycles. The van der Waals surface area contributed by atoms with E-state index in [4.69, 9.17) is 38.9 Å². The van der Waals surface area contributed by atoms with Crippen LogP contribution in [0.25, 0.3) is 16.3 Å². The Morgan fingerprint density at radius 1 is 1.26 bits per heavy atom. The van der Waals surface area contributed by atoms with Gasteiger partial charge in [-0.2, -0.15) is 5.26 Å². The lowest BCUT2D eigenvalue weighted by molar-refractivity contribution is 0.0805. The van der Waals surface area contributed by atoms with Crippen molar-refractivity contribution in [2.45, 2.75) is 29.5 Å². The van der Waals surface area contributed by atoms with E-state index >= 15 is 0 Å². The highest BCUT2D eigenvalue weighted by molar-refractivity contribution is 7.98. The number of thioether (sulfide) groups is 1. The Morgan fingerprint density at radius 3 is 2.74 bits per heavy atom. The molecule has 3 aromatic rings. The van der Waals surface area contributed by atoms with Gasteiger partial charge >= 0.3 is 0 Å². The molecule has 1 aromatic carbocycles. The molecule has 0 spiro atoms. The molecule has 156 valence electrons. The van der Waals surface area contributed by atoms with Crippen molar-refractivity contribution in [3.63, 3.8) is 0 Å². The van der Waals surface area contributed by atoms with Crippen LogP contribution in [0.3, 0.4) is 0 Å². The van der Waals surface area contributed by atoms with Crippen LogP contribution in [0.4, 0.5) is 5.69 Å². The Bertz CT molecular complexity index is 1180. The van der Waals surface area contributed by atoms with E-state index in [1.54, 1.807) is 18.4 Å². The first-order valence-electron chi connectivity index (χ1n) is 9.52. The van der Waals surface area contributed by atoms with Crippen LogP contribution in [0.1, 0.15) is 35.6 Å². The standard InChI is InChI=1S/C22H16Cl2N4O2S/c1-26-19-18(14-3-2-8-29-10-14)17(9-25)22(28-20(19)24)31-12-16-11-30-21(27-16)13-4-6-15(23)7-5-13/h4-7,11,14H,2-3,8,10,12H2. The number of benzene rings is 1. The predicted molar refractivity (Wildman–Crippen MR) is 120 cm³/mol. The van der Waals surface area contributed by atoms with Gasteiger partial charge in [-0.1, -0.05) is 35.0 Å². The minimum Gasteiger partial charge on any atom is -0.444 e. The van der Waals surface area contributed by atoms with E-state index in [0.717, 1.165) is 18.4 Å². The quantitative estimate of drug-likeness (QED) is 0.236. The van der Waals surface area contributed by atoms with Crippen molar-refractivity contribution in [1.29, 1.82) is 5.26 Å². The smallest absolute Gasteiger partial charge is 0.228 e. The lowest BCUT2D eigenvalue weighted by Gasteiger charge is -2.25. The van der Waals surface area contributed by atoms with Crippen LogP contribution >= 0.6 is 35.0 Å². The van der Waals surface area contributed by atoms with Crippen LogP contribution in [0.5, 0.6) is 0 Å². The van der Waals surface area contributed by atoms with Crippen molar-refractivity contribution in [3.05, 3.63) is 68.9 Å². The summed E-state index contributed by atoms with van der Waals surface area (Å²) in [6.45, 7) is 8.69. The third-order valence-electron chi connectivity index (χ3n) is 4.93. The van der Waals surface area contributed by atoms with Crippen molar-refractivity contribution in [2.24, 2.45) is 0 Å². The SMILES string of the molecule is [C-]#[N+]c1c(Cl)nc(SCc2coc(-c3ccc(Cl)cc3)n2)c(C#N)c1C1CCCOC1. The second-order valence-electron chi connectivity index (χ2n) is 6.92. The van der Waals surface area contributed by atoms with Crippen LogP contribution in [0.15, 0.2) is 40.0 Å². The molecular formula is C22H16Cl2N4O2S. The number of nitriles is 1. The van der Waals surface area contributed by atoms with Crippen LogP contribution in [-0.4, -0.2) is 23.2 Å². The van der Waals surface area contributed by atoms with Gasteiger partial charge in [0.05, 0.1) is 24.4 Å². The highest BCUT2D eigenvalue weighted by Gasteiger charge is 2.27. The number of pyridine rings is 1. The van der Waals surface area contributed by atoms with E-state index in [0.29, 0.717) is 51.7 Å². The topological polar surface area (TPSA) is 76.3 Å². The maximum absolute atomic E-state index is 9.88. The average Bonchev–Trinajstić information content (AvgIpc) is 3.27. The van der Waals surface area contributed by atoms with Gasteiger partial charge in [0.1, 0.15) is 22.5 Å². The predicted octanol–water partition coefficient (Wildman–Crippen LogP) is 6.65. The molecule has 2 aromatic heterocycles. The molecule has 1 atom stereocenters. The van der Waals surface area contributed by atoms with Gasteiger partial charge in [0.25, 0.3) is 0 Å². The Labute approximate surface area is 194 Å². The van der Waals surface area contributed by atoms with Crippen LogP contribution in [0, 0.1) is 17.9 Å². The van der Waals surface area contributed by atoms with Gasteiger partial charge in [0, 0.05) is 22.9 Å². The monoisotopic (exact) mass is 470 g/mol.